The highest BCUT2D eigenvalue weighted by Crippen LogP contribution is 2.20. The zero-order chi connectivity index (χ0) is 19.3. The molecule has 8 nitrogen and oxygen atoms in total. The molecular weight excluding hydrogens is 378 g/mol. The summed E-state index contributed by atoms with van der Waals surface area (Å²) in [5, 5.41) is 8.74. The molecule has 1 aliphatic rings. The molecule has 0 radical (unpaired) electrons. The highest BCUT2D eigenvalue weighted by molar-refractivity contribution is 7.99. The number of carbonyl (C=O) groups excluding carboxylic acids is 2. The van der Waals surface area contributed by atoms with Crippen molar-refractivity contribution in [2.24, 2.45) is 0 Å². The van der Waals surface area contributed by atoms with Crippen LogP contribution >= 0.6 is 11.8 Å². The lowest BCUT2D eigenvalue weighted by atomic mass is 10.3. The third-order valence-electron chi connectivity index (χ3n) is 4.53. The SMILES string of the molecule is O=C(CSc1nncn1-c1ccccc1)N1CCN(C(=O)c2ccco2)CC1. The van der Waals surface area contributed by atoms with Crippen molar-refractivity contribution in [1.82, 2.24) is 24.6 Å². The number of amides is 2. The molecule has 2 aromatic heterocycles. The van der Waals surface area contributed by atoms with Crippen LogP contribution in [-0.2, 0) is 4.79 Å². The van der Waals surface area contributed by atoms with Crippen LogP contribution in [-0.4, -0.2) is 68.3 Å². The van der Waals surface area contributed by atoms with Gasteiger partial charge in [-0.05, 0) is 24.3 Å². The van der Waals surface area contributed by atoms with E-state index in [2.05, 4.69) is 10.2 Å². The summed E-state index contributed by atoms with van der Waals surface area (Å²) in [7, 11) is 0. The number of aromatic nitrogens is 3. The fraction of sp³-hybridized carbons (Fsp3) is 0.263. The largest absolute Gasteiger partial charge is 0.459 e. The minimum atomic E-state index is -0.137. The second-order valence-corrected chi connectivity index (χ2v) is 7.20. The lowest BCUT2D eigenvalue weighted by Gasteiger charge is -2.34. The molecule has 0 saturated carbocycles. The van der Waals surface area contributed by atoms with E-state index >= 15 is 0 Å². The highest BCUT2D eigenvalue weighted by atomic mass is 32.2. The van der Waals surface area contributed by atoms with Gasteiger partial charge in [-0.3, -0.25) is 14.2 Å². The van der Waals surface area contributed by atoms with Crippen LogP contribution in [0.2, 0.25) is 0 Å². The minimum absolute atomic E-state index is 0.0257. The van der Waals surface area contributed by atoms with E-state index in [9.17, 15) is 9.59 Å². The Bertz CT molecular complexity index is 934. The first-order chi connectivity index (χ1) is 13.7. The predicted octanol–water partition coefficient (Wildman–Crippen LogP) is 1.94. The molecule has 1 aliphatic heterocycles. The molecule has 28 heavy (non-hydrogen) atoms. The number of hydrogen-bond donors (Lipinski definition) is 0. The van der Waals surface area contributed by atoms with Gasteiger partial charge in [-0.25, -0.2) is 0 Å². The van der Waals surface area contributed by atoms with E-state index in [1.54, 1.807) is 28.3 Å². The summed E-state index contributed by atoms with van der Waals surface area (Å²) in [6.45, 7) is 2.01. The zero-order valence-corrected chi connectivity index (χ0v) is 15.9. The Balaban J connectivity index is 1.30. The second kappa shape index (κ2) is 8.30. The number of rotatable bonds is 5. The van der Waals surface area contributed by atoms with Crippen LogP contribution in [0.4, 0.5) is 0 Å². The molecule has 144 valence electrons. The summed E-state index contributed by atoms with van der Waals surface area (Å²) in [4.78, 5) is 28.4. The monoisotopic (exact) mass is 397 g/mol. The third-order valence-corrected chi connectivity index (χ3v) is 5.45. The number of furan rings is 1. The van der Waals surface area contributed by atoms with Crippen LogP contribution in [0, 0.1) is 0 Å². The highest BCUT2D eigenvalue weighted by Gasteiger charge is 2.26. The molecule has 9 heteroatoms. The molecule has 1 saturated heterocycles. The number of para-hydroxylation sites is 1. The molecule has 1 aromatic carbocycles. The topological polar surface area (TPSA) is 84.5 Å². The van der Waals surface area contributed by atoms with Gasteiger partial charge in [0.1, 0.15) is 6.33 Å². The number of carbonyl (C=O) groups is 2. The lowest BCUT2D eigenvalue weighted by molar-refractivity contribution is -0.129. The first-order valence-electron chi connectivity index (χ1n) is 8.91. The molecule has 0 unspecified atom stereocenters. The summed E-state index contributed by atoms with van der Waals surface area (Å²) in [5.41, 5.74) is 0.951. The van der Waals surface area contributed by atoms with Gasteiger partial charge in [0, 0.05) is 31.9 Å². The number of nitrogens with zero attached hydrogens (tertiary/aromatic N) is 5. The zero-order valence-electron chi connectivity index (χ0n) is 15.1. The van der Waals surface area contributed by atoms with Crippen LogP contribution in [0.5, 0.6) is 0 Å². The van der Waals surface area contributed by atoms with Crippen LogP contribution in [0.15, 0.2) is 64.6 Å². The van der Waals surface area contributed by atoms with E-state index in [0.717, 1.165) is 5.69 Å². The van der Waals surface area contributed by atoms with Gasteiger partial charge >= 0.3 is 0 Å². The average molecular weight is 397 g/mol. The molecule has 4 rings (SSSR count). The van der Waals surface area contributed by atoms with Crippen molar-refractivity contribution in [1.29, 1.82) is 0 Å². The van der Waals surface area contributed by atoms with E-state index in [0.29, 0.717) is 37.1 Å². The normalized spacial score (nSPS) is 14.3. The smallest absolute Gasteiger partial charge is 0.289 e. The van der Waals surface area contributed by atoms with Crippen molar-refractivity contribution >= 4 is 23.6 Å². The Kier molecular flexibility index (Phi) is 5.43. The van der Waals surface area contributed by atoms with Crippen molar-refractivity contribution in [3.05, 3.63) is 60.8 Å². The van der Waals surface area contributed by atoms with Gasteiger partial charge < -0.3 is 14.2 Å². The molecule has 0 N–H and O–H groups in total. The van der Waals surface area contributed by atoms with Crippen LogP contribution in [0.1, 0.15) is 10.6 Å². The Morgan fingerprint density at radius 2 is 1.75 bits per heavy atom. The van der Waals surface area contributed by atoms with E-state index < -0.39 is 0 Å². The second-order valence-electron chi connectivity index (χ2n) is 6.26. The predicted molar refractivity (Wildman–Crippen MR) is 103 cm³/mol. The van der Waals surface area contributed by atoms with Crippen molar-refractivity contribution < 1.29 is 14.0 Å². The molecule has 3 heterocycles. The lowest BCUT2D eigenvalue weighted by Crippen LogP contribution is -2.51. The van der Waals surface area contributed by atoms with Gasteiger partial charge in [0.25, 0.3) is 5.91 Å². The first kappa shape index (κ1) is 18.3. The van der Waals surface area contributed by atoms with Crippen molar-refractivity contribution in [2.45, 2.75) is 5.16 Å². The van der Waals surface area contributed by atoms with E-state index in [4.69, 9.17) is 4.42 Å². The van der Waals surface area contributed by atoms with Gasteiger partial charge in [0.05, 0.1) is 12.0 Å². The third kappa shape index (κ3) is 3.94. The van der Waals surface area contributed by atoms with Gasteiger partial charge in [-0.1, -0.05) is 30.0 Å². The van der Waals surface area contributed by atoms with Crippen molar-refractivity contribution in [3.63, 3.8) is 0 Å². The fourth-order valence-electron chi connectivity index (χ4n) is 3.02. The molecule has 2 amide bonds. The van der Waals surface area contributed by atoms with Crippen LogP contribution in [0.3, 0.4) is 0 Å². The molecule has 0 spiro atoms. The molecule has 1 fully saturated rings. The number of thioether (sulfide) groups is 1. The van der Waals surface area contributed by atoms with Crippen LogP contribution < -0.4 is 0 Å². The van der Waals surface area contributed by atoms with Crippen molar-refractivity contribution in [3.8, 4) is 5.69 Å². The number of piperazine rings is 1. The Hall–Kier alpha value is -3.07. The maximum atomic E-state index is 12.6. The number of hydrogen-bond acceptors (Lipinski definition) is 6. The molecule has 0 bridgehead atoms. The van der Waals surface area contributed by atoms with Crippen molar-refractivity contribution in [2.75, 3.05) is 31.9 Å². The Morgan fingerprint density at radius 3 is 2.46 bits per heavy atom. The quantitative estimate of drug-likeness (QED) is 0.612. The van der Waals surface area contributed by atoms with Gasteiger partial charge in [0.15, 0.2) is 10.9 Å². The summed E-state index contributed by atoms with van der Waals surface area (Å²) >= 11 is 1.36. The maximum Gasteiger partial charge on any atom is 0.289 e. The van der Waals surface area contributed by atoms with Crippen LogP contribution in [0.25, 0.3) is 5.69 Å². The molecule has 0 aliphatic carbocycles. The van der Waals surface area contributed by atoms with E-state index in [1.807, 2.05) is 34.9 Å². The summed E-state index contributed by atoms with van der Waals surface area (Å²) in [6.07, 6.45) is 3.12. The Labute approximate surface area is 166 Å². The molecule has 3 aromatic rings. The van der Waals surface area contributed by atoms with E-state index in [1.165, 1.54) is 18.0 Å². The number of benzene rings is 1. The fourth-order valence-corrected chi connectivity index (χ4v) is 3.85. The summed E-state index contributed by atoms with van der Waals surface area (Å²) in [6, 6.07) is 13.1. The standard InChI is InChI=1S/C19H19N5O3S/c25-17(13-28-19-21-20-14-24(19)15-5-2-1-3-6-15)22-8-10-23(11-9-22)18(26)16-7-4-12-27-16/h1-7,12,14H,8-11,13H2. The first-order valence-corrected chi connectivity index (χ1v) is 9.90. The average Bonchev–Trinajstić information content (AvgIpc) is 3.44. The Morgan fingerprint density at radius 1 is 1.00 bits per heavy atom. The molecule has 0 atom stereocenters. The van der Waals surface area contributed by atoms with E-state index in [-0.39, 0.29) is 17.6 Å². The van der Waals surface area contributed by atoms with Gasteiger partial charge in [0.2, 0.25) is 5.91 Å². The summed E-state index contributed by atoms with van der Waals surface area (Å²) in [5.74, 6) is 0.494. The summed E-state index contributed by atoms with van der Waals surface area (Å²) < 4.78 is 7.02. The van der Waals surface area contributed by atoms with Gasteiger partial charge in [-0.2, -0.15) is 0 Å². The van der Waals surface area contributed by atoms with Gasteiger partial charge in [-0.15, -0.1) is 10.2 Å². The minimum Gasteiger partial charge on any atom is -0.459 e. The maximum absolute atomic E-state index is 12.6. The molecular formula is C19H19N5O3S.